The average molecular weight is 384 g/mol. The third-order valence-electron chi connectivity index (χ3n) is 4.84. The molecule has 0 unspecified atom stereocenters. The van der Waals surface area contributed by atoms with Crippen LogP contribution in [0.2, 0.25) is 0 Å². The first-order valence-electron chi connectivity index (χ1n) is 9.14. The van der Waals surface area contributed by atoms with Gasteiger partial charge in [0.1, 0.15) is 6.07 Å². The van der Waals surface area contributed by atoms with Crippen molar-refractivity contribution in [2.45, 2.75) is 6.42 Å². The number of aromatic amines is 1. The minimum absolute atomic E-state index is 0.496. The molecule has 0 fully saturated rings. The van der Waals surface area contributed by atoms with Crippen molar-refractivity contribution in [2.24, 2.45) is 0 Å². The van der Waals surface area contributed by atoms with Gasteiger partial charge in [0.2, 0.25) is 0 Å². The molecule has 0 saturated heterocycles. The first-order valence-corrected chi connectivity index (χ1v) is 9.14. The van der Waals surface area contributed by atoms with Gasteiger partial charge in [-0.25, -0.2) is 0 Å². The molecule has 4 aromatic rings. The quantitative estimate of drug-likeness (QED) is 0.500. The highest BCUT2D eigenvalue weighted by Crippen LogP contribution is 2.32. The van der Waals surface area contributed by atoms with Crippen LogP contribution >= 0.6 is 0 Å². The van der Waals surface area contributed by atoms with E-state index in [1.807, 2.05) is 48.7 Å². The fraction of sp³-hybridized carbons (Fsp3) is 0.130. The minimum atomic E-state index is 0.496. The van der Waals surface area contributed by atoms with Gasteiger partial charge >= 0.3 is 0 Å². The van der Waals surface area contributed by atoms with Crippen LogP contribution in [0, 0.1) is 11.3 Å². The Hall–Kier alpha value is -3.98. The first-order chi connectivity index (χ1) is 14.2. The van der Waals surface area contributed by atoms with E-state index in [9.17, 15) is 5.26 Å². The van der Waals surface area contributed by atoms with Crippen molar-refractivity contribution in [1.29, 1.82) is 5.26 Å². The summed E-state index contributed by atoms with van der Waals surface area (Å²) in [6.45, 7) is 0. The van der Waals surface area contributed by atoms with E-state index in [0.29, 0.717) is 23.5 Å². The molecule has 0 bridgehead atoms. The molecule has 2 aromatic carbocycles. The number of ether oxygens (including phenoxy) is 2. The summed E-state index contributed by atoms with van der Waals surface area (Å²) in [7, 11) is 3.23. The van der Waals surface area contributed by atoms with Gasteiger partial charge in [-0.1, -0.05) is 12.1 Å². The van der Waals surface area contributed by atoms with Crippen molar-refractivity contribution in [2.75, 3.05) is 19.5 Å². The normalized spacial score (nSPS) is 10.5. The molecule has 6 nitrogen and oxygen atoms in total. The number of pyridine rings is 1. The summed E-state index contributed by atoms with van der Waals surface area (Å²) >= 11 is 0. The number of rotatable bonds is 6. The Kier molecular flexibility index (Phi) is 5.04. The summed E-state index contributed by atoms with van der Waals surface area (Å²) in [5.41, 5.74) is 5.16. The molecule has 2 N–H and O–H groups in total. The molecule has 144 valence electrons. The van der Waals surface area contributed by atoms with Crippen LogP contribution in [0.4, 0.5) is 11.4 Å². The van der Waals surface area contributed by atoms with Crippen LogP contribution in [0.3, 0.4) is 0 Å². The number of benzene rings is 2. The lowest BCUT2D eigenvalue weighted by molar-refractivity contribution is 0.354. The molecule has 4 rings (SSSR count). The number of methoxy groups -OCH3 is 2. The monoisotopic (exact) mass is 384 g/mol. The molecule has 2 aromatic heterocycles. The largest absolute Gasteiger partial charge is 0.493 e. The molecular formula is C23H20N4O2. The SMILES string of the molecule is COc1ccc(Cc2cncc(C#N)c2Nc2cccc3[nH]ccc23)cc1OC. The predicted octanol–water partition coefficient (Wildman–Crippen LogP) is 4.79. The smallest absolute Gasteiger partial charge is 0.160 e. The fourth-order valence-electron chi connectivity index (χ4n) is 3.41. The number of nitrogens with one attached hydrogen (secondary N) is 2. The Labute approximate surface area is 168 Å². The second kappa shape index (κ2) is 7.95. The molecule has 2 heterocycles. The Balaban J connectivity index is 1.74. The number of nitrogens with zero attached hydrogens (tertiary/aromatic N) is 2. The van der Waals surface area contributed by atoms with E-state index < -0.39 is 0 Å². The molecule has 0 atom stereocenters. The van der Waals surface area contributed by atoms with E-state index in [2.05, 4.69) is 21.4 Å². The van der Waals surface area contributed by atoms with Crippen LogP contribution in [0.25, 0.3) is 10.9 Å². The van der Waals surface area contributed by atoms with E-state index in [1.54, 1.807) is 26.6 Å². The maximum Gasteiger partial charge on any atom is 0.160 e. The van der Waals surface area contributed by atoms with Crippen molar-refractivity contribution in [3.8, 4) is 17.6 Å². The highest BCUT2D eigenvalue weighted by Gasteiger charge is 2.13. The van der Waals surface area contributed by atoms with Gasteiger partial charge in [-0.3, -0.25) is 4.98 Å². The number of anilines is 2. The molecule has 0 spiro atoms. The second-order valence-electron chi connectivity index (χ2n) is 6.57. The summed E-state index contributed by atoms with van der Waals surface area (Å²) < 4.78 is 10.7. The zero-order valence-electron chi connectivity index (χ0n) is 16.2. The minimum Gasteiger partial charge on any atom is -0.493 e. The van der Waals surface area contributed by atoms with Gasteiger partial charge in [0, 0.05) is 41.6 Å². The van der Waals surface area contributed by atoms with E-state index in [-0.39, 0.29) is 0 Å². The lowest BCUT2D eigenvalue weighted by atomic mass is 10.0. The number of nitriles is 1. The molecular weight excluding hydrogens is 364 g/mol. The van der Waals surface area contributed by atoms with E-state index in [1.165, 1.54) is 0 Å². The molecule has 29 heavy (non-hydrogen) atoms. The third-order valence-corrected chi connectivity index (χ3v) is 4.84. The standard InChI is InChI=1S/C23H20N4O2/c1-28-21-7-6-15(11-22(21)29-2)10-16-13-25-14-17(12-24)23(16)27-20-5-3-4-19-18(20)8-9-26-19/h3-9,11,13-14,26H,10H2,1-2H3,(H,25,27). The molecule has 6 heteroatoms. The van der Waals surface area contributed by atoms with Gasteiger partial charge in [-0.05, 0) is 41.5 Å². The Morgan fingerprint density at radius 2 is 1.93 bits per heavy atom. The van der Waals surface area contributed by atoms with Crippen molar-refractivity contribution < 1.29 is 9.47 Å². The van der Waals surface area contributed by atoms with E-state index in [4.69, 9.17) is 9.47 Å². The number of hydrogen-bond donors (Lipinski definition) is 2. The van der Waals surface area contributed by atoms with Crippen molar-refractivity contribution >= 4 is 22.3 Å². The highest BCUT2D eigenvalue weighted by atomic mass is 16.5. The van der Waals surface area contributed by atoms with Crippen molar-refractivity contribution in [3.63, 3.8) is 0 Å². The Bertz CT molecular complexity index is 1210. The molecule has 0 aliphatic rings. The van der Waals surface area contributed by atoms with Gasteiger partial charge in [-0.2, -0.15) is 5.26 Å². The lowest BCUT2D eigenvalue weighted by Crippen LogP contribution is -2.02. The number of aromatic nitrogens is 2. The molecule has 0 aliphatic carbocycles. The molecule has 0 saturated carbocycles. The Morgan fingerprint density at radius 3 is 2.72 bits per heavy atom. The van der Waals surface area contributed by atoms with Gasteiger partial charge in [0.25, 0.3) is 0 Å². The molecule has 0 radical (unpaired) electrons. The zero-order valence-corrected chi connectivity index (χ0v) is 16.2. The Morgan fingerprint density at radius 1 is 1.07 bits per heavy atom. The van der Waals surface area contributed by atoms with E-state index in [0.717, 1.165) is 33.4 Å². The summed E-state index contributed by atoms with van der Waals surface area (Å²) in [6, 6.07) is 16.0. The van der Waals surface area contributed by atoms with Gasteiger partial charge < -0.3 is 19.8 Å². The maximum absolute atomic E-state index is 9.64. The number of hydrogen-bond acceptors (Lipinski definition) is 5. The molecule has 0 aliphatic heterocycles. The first kappa shape index (κ1) is 18.4. The van der Waals surface area contributed by atoms with Gasteiger partial charge in [0.15, 0.2) is 11.5 Å². The van der Waals surface area contributed by atoms with Gasteiger partial charge in [0.05, 0.1) is 25.5 Å². The zero-order chi connectivity index (χ0) is 20.2. The predicted molar refractivity (Wildman–Crippen MR) is 113 cm³/mol. The number of H-pyrrole nitrogens is 1. The summed E-state index contributed by atoms with van der Waals surface area (Å²) in [4.78, 5) is 7.47. The van der Waals surface area contributed by atoms with Crippen molar-refractivity contribution in [3.05, 3.63) is 77.7 Å². The third kappa shape index (κ3) is 3.58. The topological polar surface area (TPSA) is 83.0 Å². The highest BCUT2D eigenvalue weighted by molar-refractivity contribution is 5.94. The van der Waals surface area contributed by atoms with Crippen LogP contribution in [0.5, 0.6) is 11.5 Å². The summed E-state index contributed by atoms with van der Waals surface area (Å²) in [6.07, 6.45) is 5.86. The van der Waals surface area contributed by atoms with Crippen LogP contribution in [0.15, 0.2) is 61.1 Å². The van der Waals surface area contributed by atoms with Gasteiger partial charge in [-0.15, -0.1) is 0 Å². The van der Waals surface area contributed by atoms with Crippen LogP contribution < -0.4 is 14.8 Å². The average Bonchev–Trinajstić information content (AvgIpc) is 3.24. The molecule has 0 amide bonds. The fourth-order valence-corrected chi connectivity index (χ4v) is 3.41. The van der Waals surface area contributed by atoms with Crippen LogP contribution in [-0.4, -0.2) is 24.2 Å². The summed E-state index contributed by atoms with van der Waals surface area (Å²) in [5.74, 6) is 1.35. The van der Waals surface area contributed by atoms with Crippen LogP contribution in [0.1, 0.15) is 16.7 Å². The lowest BCUT2D eigenvalue weighted by Gasteiger charge is -2.15. The van der Waals surface area contributed by atoms with E-state index >= 15 is 0 Å². The summed E-state index contributed by atoms with van der Waals surface area (Å²) in [5, 5.41) is 14.2. The van der Waals surface area contributed by atoms with Crippen molar-refractivity contribution in [1.82, 2.24) is 9.97 Å². The van der Waals surface area contributed by atoms with Crippen LogP contribution in [-0.2, 0) is 6.42 Å². The second-order valence-corrected chi connectivity index (χ2v) is 6.57. The number of fused-ring (bicyclic) bond motifs is 1. The maximum atomic E-state index is 9.64.